The van der Waals surface area contributed by atoms with Gasteiger partial charge >= 0.3 is 0 Å². The molecule has 2 heterocycles. The van der Waals surface area contributed by atoms with Gasteiger partial charge in [0.1, 0.15) is 5.82 Å². The molecule has 0 saturated heterocycles. The molecule has 4 nitrogen and oxygen atoms in total. The van der Waals surface area contributed by atoms with Crippen LogP contribution in [0, 0.1) is 0 Å². The number of hydrogen-bond acceptors (Lipinski definition) is 3. The third-order valence-electron chi connectivity index (χ3n) is 1.61. The third-order valence-corrected chi connectivity index (χ3v) is 1.61. The van der Waals surface area contributed by atoms with Crippen LogP contribution in [-0.2, 0) is 0 Å². The summed E-state index contributed by atoms with van der Waals surface area (Å²) in [6.07, 6.45) is 3.45. The summed E-state index contributed by atoms with van der Waals surface area (Å²) in [6.45, 7) is 0. The van der Waals surface area contributed by atoms with E-state index in [0.717, 1.165) is 0 Å². The average Bonchev–Trinajstić information content (AvgIpc) is 2.45. The molecule has 0 spiro atoms. The largest absolute Gasteiger partial charge is 0.396 e. The van der Waals surface area contributed by atoms with Gasteiger partial charge in [-0.15, -0.1) is 0 Å². The molecular weight excluding hydrogens is 140 g/mol. The molecule has 0 amide bonds. The third kappa shape index (κ3) is 0.724. The normalized spacial score (nSPS) is 10.5. The first-order valence-electron chi connectivity index (χ1n) is 3.26. The minimum atomic E-state index is 0.643. The predicted octanol–water partition coefficient (Wildman–Crippen LogP) is 0.499. The lowest BCUT2D eigenvalue weighted by Crippen LogP contribution is -1.98. The van der Waals surface area contributed by atoms with Crippen molar-refractivity contribution in [3.05, 3.63) is 24.5 Å². The second kappa shape index (κ2) is 1.88. The van der Waals surface area contributed by atoms with Crippen molar-refractivity contribution < 1.29 is 0 Å². The van der Waals surface area contributed by atoms with Crippen LogP contribution < -0.4 is 11.5 Å². The summed E-state index contributed by atoms with van der Waals surface area (Å²) in [6, 6.07) is 3.50. The Hall–Kier alpha value is -1.71. The highest BCUT2D eigenvalue weighted by Gasteiger charge is 1.99. The second-order valence-corrected chi connectivity index (χ2v) is 2.33. The number of pyridine rings is 1. The van der Waals surface area contributed by atoms with Crippen LogP contribution in [0.5, 0.6) is 0 Å². The Morgan fingerprint density at radius 2 is 2.09 bits per heavy atom. The molecule has 2 aromatic heterocycles. The van der Waals surface area contributed by atoms with Crippen LogP contribution in [0.25, 0.3) is 5.65 Å². The standard InChI is InChI=1S/C7H8N4/c8-5-1-2-6(9)11-4-3-10-7(5)11/h1-4H,8-9H2. The number of nitrogen functional groups attached to an aromatic ring is 2. The van der Waals surface area contributed by atoms with E-state index < -0.39 is 0 Å². The van der Waals surface area contributed by atoms with Gasteiger partial charge in [-0.05, 0) is 12.1 Å². The van der Waals surface area contributed by atoms with Crippen LogP contribution in [0.2, 0.25) is 0 Å². The van der Waals surface area contributed by atoms with E-state index in [-0.39, 0.29) is 0 Å². The number of nitrogens with zero attached hydrogens (tertiary/aromatic N) is 2. The second-order valence-electron chi connectivity index (χ2n) is 2.33. The van der Waals surface area contributed by atoms with Crippen LogP contribution in [0.1, 0.15) is 0 Å². The molecule has 0 aliphatic rings. The van der Waals surface area contributed by atoms with Gasteiger partial charge in [0, 0.05) is 12.4 Å². The van der Waals surface area contributed by atoms with E-state index in [1.54, 1.807) is 28.9 Å². The number of rotatable bonds is 0. The first kappa shape index (κ1) is 6.03. The molecule has 0 saturated carbocycles. The lowest BCUT2D eigenvalue weighted by atomic mass is 10.4. The van der Waals surface area contributed by atoms with Gasteiger partial charge in [-0.3, -0.25) is 4.40 Å². The molecule has 4 heteroatoms. The Morgan fingerprint density at radius 3 is 2.82 bits per heavy atom. The molecule has 56 valence electrons. The van der Waals surface area contributed by atoms with E-state index in [2.05, 4.69) is 4.98 Å². The molecular formula is C7H8N4. The SMILES string of the molecule is Nc1ccc(N)n2ccnc12. The summed E-state index contributed by atoms with van der Waals surface area (Å²) < 4.78 is 1.75. The van der Waals surface area contributed by atoms with Gasteiger partial charge in [-0.1, -0.05) is 0 Å². The molecule has 0 radical (unpaired) electrons. The smallest absolute Gasteiger partial charge is 0.161 e. The van der Waals surface area contributed by atoms with Gasteiger partial charge < -0.3 is 11.5 Å². The number of hydrogen-bond donors (Lipinski definition) is 2. The molecule has 2 aromatic rings. The Kier molecular flexibility index (Phi) is 1.03. The highest BCUT2D eigenvalue weighted by Crippen LogP contribution is 2.14. The molecule has 0 aromatic carbocycles. The summed E-state index contributed by atoms with van der Waals surface area (Å²) in [5.74, 6) is 0.645. The van der Waals surface area contributed by atoms with Crippen LogP contribution in [0.15, 0.2) is 24.5 Å². The van der Waals surface area contributed by atoms with Crippen molar-refractivity contribution in [3.63, 3.8) is 0 Å². The van der Waals surface area contributed by atoms with Crippen LogP contribution in [-0.4, -0.2) is 9.38 Å². The van der Waals surface area contributed by atoms with Crippen LogP contribution in [0.4, 0.5) is 11.5 Å². The first-order valence-corrected chi connectivity index (χ1v) is 3.26. The molecule has 4 N–H and O–H groups in total. The summed E-state index contributed by atoms with van der Waals surface area (Å²) in [7, 11) is 0. The molecule has 0 atom stereocenters. The molecule has 0 fully saturated rings. The zero-order chi connectivity index (χ0) is 7.84. The van der Waals surface area contributed by atoms with Crippen molar-refractivity contribution in [1.29, 1.82) is 0 Å². The van der Waals surface area contributed by atoms with Crippen molar-refractivity contribution in [2.24, 2.45) is 0 Å². The van der Waals surface area contributed by atoms with Gasteiger partial charge in [-0.25, -0.2) is 4.98 Å². The Balaban J connectivity index is 2.96. The maximum absolute atomic E-state index is 5.64. The fourth-order valence-corrected chi connectivity index (χ4v) is 1.06. The monoisotopic (exact) mass is 148 g/mol. The summed E-state index contributed by atoms with van der Waals surface area (Å²) in [5, 5.41) is 0. The molecule has 0 aliphatic carbocycles. The van der Waals surface area contributed by atoms with Crippen LogP contribution in [0.3, 0.4) is 0 Å². The van der Waals surface area contributed by atoms with Gasteiger partial charge in [0.25, 0.3) is 0 Å². The lowest BCUT2D eigenvalue weighted by molar-refractivity contribution is 1.20. The van der Waals surface area contributed by atoms with Crippen molar-refractivity contribution in [1.82, 2.24) is 9.38 Å². The quantitative estimate of drug-likeness (QED) is 0.571. The number of fused-ring (bicyclic) bond motifs is 1. The molecule has 0 unspecified atom stereocenters. The number of anilines is 2. The van der Waals surface area contributed by atoms with Crippen molar-refractivity contribution in [2.45, 2.75) is 0 Å². The molecule has 0 bridgehead atoms. The fraction of sp³-hybridized carbons (Fsp3) is 0. The highest BCUT2D eigenvalue weighted by atomic mass is 15.1. The zero-order valence-electron chi connectivity index (χ0n) is 5.86. The van der Waals surface area contributed by atoms with E-state index >= 15 is 0 Å². The van der Waals surface area contributed by atoms with Gasteiger partial charge in [0.05, 0.1) is 5.69 Å². The number of aromatic nitrogens is 2. The number of nitrogens with two attached hydrogens (primary N) is 2. The van der Waals surface area contributed by atoms with E-state index in [0.29, 0.717) is 17.2 Å². The van der Waals surface area contributed by atoms with E-state index in [9.17, 15) is 0 Å². The van der Waals surface area contributed by atoms with Crippen LogP contribution >= 0.6 is 0 Å². The topological polar surface area (TPSA) is 69.3 Å². The van der Waals surface area contributed by atoms with E-state index in [1.807, 2.05) is 0 Å². The number of imidazole rings is 1. The lowest BCUT2D eigenvalue weighted by Gasteiger charge is -2.00. The van der Waals surface area contributed by atoms with Crippen molar-refractivity contribution in [3.8, 4) is 0 Å². The minimum absolute atomic E-state index is 0.643. The van der Waals surface area contributed by atoms with Gasteiger partial charge in [0.2, 0.25) is 0 Å². The first-order chi connectivity index (χ1) is 5.29. The maximum atomic E-state index is 5.64. The minimum Gasteiger partial charge on any atom is -0.396 e. The summed E-state index contributed by atoms with van der Waals surface area (Å²) in [5.41, 5.74) is 12.6. The molecule has 0 aliphatic heterocycles. The van der Waals surface area contributed by atoms with Crippen molar-refractivity contribution >= 4 is 17.2 Å². The fourth-order valence-electron chi connectivity index (χ4n) is 1.06. The zero-order valence-corrected chi connectivity index (χ0v) is 5.86. The Morgan fingerprint density at radius 1 is 1.27 bits per heavy atom. The van der Waals surface area contributed by atoms with E-state index in [1.165, 1.54) is 0 Å². The van der Waals surface area contributed by atoms with Crippen molar-refractivity contribution in [2.75, 3.05) is 11.5 Å². The van der Waals surface area contributed by atoms with Gasteiger partial charge in [0.15, 0.2) is 5.65 Å². The maximum Gasteiger partial charge on any atom is 0.161 e. The Bertz CT molecular complexity index is 354. The molecule has 11 heavy (non-hydrogen) atoms. The summed E-state index contributed by atoms with van der Waals surface area (Å²) in [4.78, 5) is 4.04. The van der Waals surface area contributed by atoms with E-state index in [4.69, 9.17) is 11.5 Å². The molecule has 2 rings (SSSR count). The average molecular weight is 148 g/mol. The Labute approximate surface area is 63.4 Å². The summed E-state index contributed by atoms with van der Waals surface area (Å²) >= 11 is 0. The predicted molar refractivity (Wildman–Crippen MR) is 44.0 cm³/mol. The van der Waals surface area contributed by atoms with Gasteiger partial charge in [-0.2, -0.15) is 0 Å². The highest BCUT2D eigenvalue weighted by molar-refractivity contribution is 5.67.